The number of fused-ring (bicyclic) bond motifs is 1. The zero-order valence-electron chi connectivity index (χ0n) is 14.5. The highest BCUT2D eigenvalue weighted by atomic mass is 16.2. The van der Waals surface area contributed by atoms with Crippen LogP contribution < -0.4 is 0 Å². The van der Waals surface area contributed by atoms with E-state index in [-0.39, 0.29) is 23.6 Å². The van der Waals surface area contributed by atoms with Crippen molar-refractivity contribution in [1.82, 2.24) is 9.80 Å². The van der Waals surface area contributed by atoms with Crippen molar-refractivity contribution in [2.45, 2.75) is 19.4 Å². The van der Waals surface area contributed by atoms with Crippen LogP contribution in [0.5, 0.6) is 0 Å². The molecule has 1 aromatic carbocycles. The molecule has 1 aliphatic heterocycles. The second-order valence-corrected chi connectivity index (χ2v) is 6.61. The highest BCUT2D eigenvalue weighted by Gasteiger charge is 2.52. The SMILES string of the molecule is CC1=C[C@@H](N(C)C(=O)C#Cc2ccccc2)[C@H]2C(=O)N(C)C(=O)[C@H]2C1. The Morgan fingerprint density at radius 2 is 1.88 bits per heavy atom. The first-order chi connectivity index (χ1) is 11.9. The van der Waals surface area contributed by atoms with Gasteiger partial charge in [-0.15, -0.1) is 0 Å². The van der Waals surface area contributed by atoms with Crippen molar-refractivity contribution in [2.24, 2.45) is 11.8 Å². The van der Waals surface area contributed by atoms with Crippen LogP contribution in [-0.4, -0.2) is 47.7 Å². The molecule has 1 fully saturated rings. The third kappa shape index (κ3) is 3.08. The Labute approximate surface area is 147 Å². The number of benzene rings is 1. The summed E-state index contributed by atoms with van der Waals surface area (Å²) in [5.41, 5.74) is 1.77. The molecule has 3 atom stereocenters. The normalized spacial score (nSPS) is 25.0. The number of carbonyl (C=O) groups excluding carboxylic acids is 3. The van der Waals surface area contributed by atoms with Gasteiger partial charge in [0.15, 0.2) is 0 Å². The second kappa shape index (κ2) is 6.56. The third-order valence-corrected chi connectivity index (χ3v) is 4.92. The Morgan fingerprint density at radius 3 is 2.56 bits per heavy atom. The van der Waals surface area contributed by atoms with Crippen molar-refractivity contribution in [3.05, 3.63) is 47.5 Å². The molecule has 25 heavy (non-hydrogen) atoms. The number of nitrogens with zero attached hydrogens (tertiary/aromatic N) is 2. The fourth-order valence-corrected chi connectivity index (χ4v) is 3.54. The van der Waals surface area contributed by atoms with Crippen LogP contribution in [0.25, 0.3) is 0 Å². The van der Waals surface area contributed by atoms with Crippen LogP contribution in [0.2, 0.25) is 0 Å². The molecule has 0 saturated carbocycles. The van der Waals surface area contributed by atoms with E-state index in [4.69, 9.17) is 0 Å². The van der Waals surface area contributed by atoms with Gasteiger partial charge in [0.1, 0.15) is 0 Å². The van der Waals surface area contributed by atoms with Crippen LogP contribution in [0.3, 0.4) is 0 Å². The predicted octanol–water partition coefficient (Wildman–Crippen LogP) is 1.45. The monoisotopic (exact) mass is 336 g/mol. The molecule has 0 bridgehead atoms. The number of hydrogen-bond donors (Lipinski definition) is 0. The molecule has 0 radical (unpaired) electrons. The first-order valence-electron chi connectivity index (χ1n) is 8.22. The van der Waals surface area contributed by atoms with Crippen LogP contribution in [0, 0.1) is 23.7 Å². The van der Waals surface area contributed by atoms with Gasteiger partial charge in [0.25, 0.3) is 5.91 Å². The molecule has 5 nitrogen and oxygen atoms in total. The molecule has 1 aliphatic carbocycles. The van der Waals surface area contributed by atoms with Gasteiger partial charge >= 0.3 is 0 Å². The van der Waals surface area contributed by atoms with Gasteiger partial charge in [0.2, 0.25) is 11.8 Å². The lowest BCUT2D eigenvalue weighted by Crippen LogP contribution is -2.46. The second-order valence-electron chi connectivity index (χ2n) is 6.61. The number of likely N-dealkylation sites (N-methyl/N-ethyl adjacent to an activating group) is 1. The molecule has 5 heteroatoms. The van der Waals surface area contributed by atoms with Gasteiger partial charge in [-0.05, 0) is 25.5 Å². The van der Waals surface area contributed by atoms with Crippen LogP contribution in [0.4, 0.5) is 0 Å². The van der Waals surface area contributed by atoms with E-state index in [1.807, 2.05) is 43.3 Å². The minimum atomic E-state index is -0.520. The highest BCUT2D eigenvalue weighted by molar-refractivity contribution is 6.06. The molecule has 1 saturated heterocycles. The maximum Gasteiger partial charge on any atom is 0.299 e. The Balaban J connectivity index is 1.85. The summed E-state index contributed by atoms with van der Waals surface area (Å²) in [5.74, 6) is 3.81. The van der Waals surface area contributed by atoms with E-state index >= 15 is 0 Å². The van der Waals surface area contributed by atoms with Crippen molar-refractivity contribution in [3.63, 3.8) is 0 Å². The molecule has 2 aliphatic rings. The van der Waals surface area contributed by atoms with Crippen LogP contribution >= 0.6 is 0 Å². The predicted molar refractivity (Wildman–Crippen MR) is 93.0 cm³/mol. The standard InChI is InChI=1S/C20H20N2O3/c1-13-11-15-18(20(25)22(3)19(15)24)16(12-13)21(2)17(23)10-9-14-7-5-4-6-8-14/h4-8,12,15-16,18H,11H2,1-3H3/t15-,16+,18-/m0/s1. The van der Waals surface area contributed by atoms with Gasteiger partial charge in [0, 0.05) is 25.6 Å². The van der Waals surface area contributed by atoms with Crippen molar-refractivity contribution >= 4 is 17.7 Å². The summed E-state index contributed by atoms with van der Waals surface area (Å²) in [6.07, 6.45) is 2.47. The smallest absolute Gasteiger partial charge is 0.299 e. The number of allylic oxidation sites excluding steroid dienone is 1. The van der Waals surface area contributed by atoms with Crippen molar-refractivity contribution in [2.75, 3.05) is 14.1 Å². The minimum Gasteiger partial charge on any atom is -0.328 e. The van der Waals surface area contributed by atoms with Gasteiger partial charge in [0.05, 0.1) is 17.9 Å². The summed E-state index contributed by atoms with van der Waals surface area (Å²) >= 11 is 0. The fourth-order valence-electron chi connectivity index (χ4n) is 3.54. The molecule has 0 N–H and O–H groups in total. The maximum atomic E-state index is 12.5. The van der Waals surface area contributed by atoms with Crippen molar-refractivity contribution in [1.29, 1.82) is 0 Å². The molecule has 0 unspecified atom stereocenters. The maximum absolute atomic E-state index is 12.5. The summed E-state index contributed by atoms with van der Waals surface area (Å²) in [5, 5.41) is 0. The summed E-state index contributed by atoms with van der Waals surface area (Å²) in [7, 11) is 3.14. The van der Waals surface area contributed by atoms with Crippen molar-refractivity contribution in [3.8, 4) is 11.8 Å². The van der Waals surface area contributed by atoms with Crippen LogP contribution in [0.1, 0.15) is 18.9 Å². The fraction of sp³-hybridized carbons (Fsp3) is 0.350. The van der Waals surface area contributed by atoms with E-state index in [0.29, 0.717) is 6.42 Å². The summed E-state index contributed by atoms with van der Waals surface area (Å²) in [4.78, 5) is 39.9. The lowest BCUT2D eigenvalue weighted by Gasteiger charge is -2.34. The summed E-state index contributed by atoms with van der Waals surface area (Å²) < 4.78 is 0. The quantitative estimate of drug-likeness (QED) is 0.443. The average molecular weight is 336 g/mol. The zero-order valence-corrected chi connectivity index (χ0v) is 14.5. The largest absolute Gasteiger partial charge is 0.328 e. The summed E-state index contributed by atoms with van der Waals surface area (Å²) in [6.45, 7) is 1.92. The first-order valence-corrected chi connectivity index (χ1v) is 8.22. The van der Waals surface area contributed by atoms with E-state index in [0.717, 1.165) is 11.1 Å². The summed E-state index contributed by atoms with van der Waals surface area (Å²) in [6, 6.07) is 8.81. The molecule has 0 spiro atoms. The van der Waals surface area contributed by atoms with Gasteiger partial charge in [-0.3, -0.25) is 19.3 Å². The van der Waals surface area contributed by atoms with E-state index < -0.39 is 12.0 Å². The molecule has 0 aromatic heterocycles. The highest BCUT2D eigenvalue weighted by Crippen LogP contribution is 2.39. The van der Waals surface area contributed by atoms with E-state index in [2.05, 4.69) is 11.8 Å². The van der Waals surface area contributed by atoms with E-state index in [1.54, 1.807) is 7.05 Å². The van der Waals surface area contributed by atoms with E-state index in [9.17, 15) is 14.4 Å². The van der Waals surface area contributed by atoms with Gasteiger partial charge in [-0.25, -0.2) is 0 Å². The Hall–Kier alpha value is -2.87. The zero-order chi connectivity index (χ0) is 18.1. The third-order valence-electron chi connectivity index (χ3n) is 4.92. The van der Waals surface area contributed by atoms with Gasteiger partial charge in [-0.1, -0.05) is 35.8 Å². The lowest BCUT2D eigenvalue weighted by atomic mass is 9.78. The average Bonchev–Trinajstić information content (AvgIpc) is 2.83. The number of rotatable bonds is 1. The van der Waals surface area contributed by atoms with Crippen molar-refractivity contribution < 1.29 is 14.4 Å². The number of imide groups is 1. The Kier molecular flexibility index (Phi) is 4.45. The lowest BCUT2D eigenvalue weighted by molar-refractivity contribution is -0.138. The molecular formula is C20H20N2O3. The molecular weight excluding hydrogens is 316 g/mol. The molecule has 3 amide bonds. The molecule has 1 heterocycles. The number of hydrogen-bond acceptors (Lipinski definition) is 3. The Morgan fingerprint density at radius 1 is 1.20 bits per heavy atom. The van der Waals surface area contributed by atoms with E-state index in [1.165, 1.54) is 16.8 Å². The Bertz CT molecular complexity index is 816. The van der Waals surface area contributed by atoms with Crippen LogP contribution in [-0.2, 0) is 14.4 Å². The molecule has 3 rings (SSSR count). The van der Waals surface area contributed by atoms with Gasteiger partial charge < -0.3 is 4.90 Å². The first kappa shape index (κ1) is 17.0. The minimum absolute atomic E-state index is 0.163. The topological polar surface area (TPSA) is 57.7 Å². The molecule has 1 aromatic rings. The number of amides is 3. The number of carbonyl (C=O) groups is 3. The number of likely N-dealkylation sites (tertiary alicyclic amines) is 1. The van der Waals surface area contributed by atoms with Crippen LogP contribution in [0.15, 0.2) is 42.0 Å². The molecule has 128 valence electrons. The van der Waals surface area contributed by atoms with Gasteiger partial charge in [-0.2, -0.15) is 0 Å².